The van der Waals surface area contributed by atoms with Crippen molar-refractivity contribution < 1.29 is 0 Å². The predicted octanol–water partition coefficient (Wildman–Crippen LogP) is 5.55. The first-order chi connectivity index (χ1) is 10.8. The monoisotopic (exact) mass is 288 g/mol. The zero-order valence-corrected chi connectivity index (χ0v) is 13.4. The number of unbranched alkanes of at least 4 members (excludes halogenated alkanes) is 1. The van der Waals surface area contributed by atoms with E-state index < -0.39 is 0 Å². The van der Waals surface area contributed by atoms with E-state index in [2.05, 4.69) is 73.9 Å². The van der Waals surface area contributed by atoms with E-state index in [0.29, 0.717) is 0 Å². The molecule has 0 fully saturated rings. The summed E-state index contributed by atoms with van der Waals surface area (Å²) in [5, 5.41) is 0. The molecule has 0 unspecified atom stereocenters. The molecule has 112 valence electrons. The lowest BCUT2D eigenvalue weighted by Crippen LogP contribution is -1.85. The first-order valence-corrected chi connectivity index (χ1v) is 8.12. The Hall–Kier alpha value is -2.26. The molecule has 0 aliphatic carbocycles. The molecule has 0 nitrogen and oxygen atoms in total. The second-order valence-corrected chi connectivity index (χ2v) is 5.57. The van der Waals surface area contributed by atoms with Crippen LogP contribution in [0, 0.1) is 11.8 Å². The summed E-state index contributed by atoms with van der Waals surface area (Å²) in [7, 11) is 0. The first kappa shape index (κ1) is 16.1. The van der Waals surface area contributed by atoms with Crippen molar-refractivity contribution >= 4 is 0 Å². The highest BCUT2D eigenvalue weighted by Crippen LogP contribution is 2.09. The molecule has 0 amide bonds. The van der Waals surface area contributed by atoms with Crippen LogP contribution in [-0.2, 0) is 12.8 Å². The van der Waals surface area contributed by atoms with Crippen molar-refractivity contribution in [3.8, 4) is 11.8 Å². The highest BCUT2D eigenvalue weighted by molar-refractivity contribution is 5.44. The Morgan fingerprint density at radius 2 is 1.32 bits per heavy atom. The summed E-state index contributed by atoms with van der Waals surface area (Å²) >= 11 is 0. The van der Waals surface area contributed by atoms with Gasteiger partial charge in [-0.05, 0) is 61.1 Å². The molecule has 0 aliphatic rings. The van der Waals surface area contributed by atoms with E-state index in [9.17, 15) is 0 Å². The van der Waals surface area contributed by atoms with E-state index in [0.717, 1.165) is 30.4 Å². The van der Waals surface area contributed by atoms with Crippen LogP contribution in [0.5, 0.6) is 0 Å². The average Bonchev–Trinajstić information content (AvgIpc) is 2.56. The largest absolute Gasteiger partial charge is 0.103 e. The molecule has 0 aliphatic heterocycles. The standard InChI is InChI=1S/C22H24/c1-3-5-6-8-20-11-15-22(16-12-20)18-17-21-13-9-19(7-4-2)10-14-21/h3,9-16H,1,4-8H2,2H3. The average molecular weight is 288 g/mol. The fourth-order valence-electron chi connectivity index (χ4n) is 2.39. The Balaban J connectivity index is 1.97. The Kier molecular flexibility index (Phi) is 6.52. The molecule has 2 aromatic carbocycles. The van der Waals surface area contributed by atoms with Gasteiger partial charge in [-0.15, -0.1) is 6.58 Å². The third kappa shape index (κ3) is 5.26. The lowest BCUT2D eigenvalue weighted by atomic mass is 10.1. The summed E-state index contributed by atoms with van der Waals surface area (Å²) in [5.41, 5.74) is 4.91. The Bertz CT molecular complexity index is 633. The minimum Gasteiger partial charge on any atom is -0.103 e. The molecule has 22 heavy (non-hydrogen) atoms. The van der Waals surface area contributed by atoms with Crippen LogP contribution in [0.1, 0.15) is 48.4 Å². The van der Waals surface area contributed by atoms with Crippen molar-refractivity contribution in [2.75, 3.05) is 0 Å². The van der Waals surface area contributed by atoms with E-state index in [1.54, 1.807) is 0 Å². The van der Waals surface area contributed by atoms with E-state index >= 15 is 0 Å². The summed E-state index contributed by atoms with van der Waals surface area (Å²) in [6.07, 6.45) is 7.66. The van der Waals surface area contributed by atoms with Crippen LogP contribution < -0.4 is 0 Å². The van der Waals surface area contributed by atoms with Crippen LogP contribution in [0.4, 0.5) is 0 Å². The van der Waals surface area contributed by atoms with Gasteiger partial charge < -0.3 is 0 Å². The number of benzene rings is 2. The molecule has 0 spiro atoms. The predicted molar refractivity (Wildman–Crippen MR) is 96.0 cm³/mol. The van der Waals surface area contributed by atoms with Gasteiger partial charge in [0.25, 0.3) is 0 Å². The molecule has 2 aromatic rings. The number of rotatable bonds is 6. The van der Waals surface area contributed by atoms with Gasteiger partial charge in [-0.1, -0.05) is 55.5 Å². The fraction of sp³-hybridized carbons (Fsp3) is 0.273. The lowest BCUT2D eigenvalue weighted by molar-refractivity contribution is 0.844. The second kappa shape index (κ2) is 8.90. The van der Waals surface area contributed by atoms with Gasteiger partial charge in [-0.25, -0.2) is 0 Å². The maximum Gasteiger partial charge on any atom is 0.0249 e. The molecule has 2 rings (SSSR count). The van der Waals surface area contributed by atoms with Crippen molar-refractivity contribution in [3.63, 3.8) is 0 Å². The van der Waals surface area contributed by atoms with Gasteiger partial charge in [0.15, 0.2) is 0 Å². The van der Waals surface area contributed by atoms with Gasteiger partial charge in [0.2, 0.25) is 0 Å². The molecule has 0 aromatic heterocycles. The summed E-state index contributed by atoms with van der Waals surface area (Å²) < 4.78 is 0. The molecule has 0 atom stereocenters. The van der Waals surface area contributed by atoms with Gasteiger partial charge in [0.1, 0.15) is 0 Å². The van der Waals surface area contributed by atoms with Crippen LogP contribution in [0.15, 0.2) is 61.2 Å². The summed E-state index contributed by atoms with van der Waals surface area (Å²) in [5.74, 6) is 6.48. The van der Waals surface area contributed by atoms with E-state index in [1.807, 2.05) is 6.08 Å². The fourth-order valence-corrected chi connectivity index (χ4v) is 2.39. The van der Waals surface area contributed by atoms with Crippen LogP contribution in [-0.4, -0.2) is 0 Å². The Morgan fingerprint density at radius 1 is 0.818 bits per heavy atom. The molecule has 0 radical (unpaired) electrons. The molecule has 0 heteroatoms. The number of hydrogen-bond acceptors (Lipinski definition) is 0. The minimum atomic E-state index is 1.07. The Morgan fingerprint density at radius 3 is 1.77 bits per heavy atom. The zero-order valence-electron chi connectivity index (χ0n) is 13.4. The topological polar surface area (TPSA) is 0 Å². The van der Waals surface area contributed by atoms with E-state index in [1.165, 1.54) is 24.0 Å². The number of hydrogen-bond donors (Lipinski definition) is 0. The van der Waals surface area contributed by atoms with Crippen molar-refractivity contribution in [2.24, 2.45) is 0 Å². The van der Waals surface area contributed by atoms with Gasteiger partial charge >= 0.3 is 0 Å². The molecular weight excluding hydrogens is 264 g/mol. The van der Waals surface area contributed by atoms with Gasteiger partial charge in [0.05, 0.1) is 0 Å². The van der Waals surface area contributed by atoms with Crippen LogP contribution in [0.3, 0.4) is 0 Å². The number of aryl methyl sites for hydroxylation is 2. The summed E-state index contributed by atoms with van der Waals surface area (Å²) in [6.45, 7) is 5.96. The van der Waals surface area contributed by atoms with Crippen LogP contribution >= 0.6 is 0 Å². The molecule has 0 bridgehead atoms. The smallest absolute Gasteiger partial charge is 0.0249 e. The summed E-state index contributed by atoms with van der Waals surface area (Å²) in [6, 6.07) is 17.2. The maximum absolute atomic E-state index is 3.76. The second-order valence-electron chi connectivity index (χ2n) is 5.57. The third-order valence-corrected chi connectivity index (χ3v) is 3.67. The highest BCUT2D eigenvalue weighted by Gasteiger charge is 1.94. The van der Waals surface area contributed by atoms with Crippen LogP contribution in [0.2, 0.25) is 0 Å². The van der Waals surface area contributed by atoms with E-state index in [-0.39, 0.29) is 0 Å². The molecule has 0 saturated heterocycles. The maximum atomic E-state index is 3.76. The van der Waals surface area contributed by atoms with Crippen molar-refractivity contribution in [1.29, 1.82) is 0 Å². The Labute approximate surface area is 134 Å². The molecule has 0 saturated carbocycles. The van der Waals surface area contributed by atoms with Gasteiger partial charge in [0, 0.05) is 11.1 Å². The van der Waals surface area contributed by atoms with Crippen molar-refractivity contribution in [3.05, 3.63) is 83.4 Å². The first-order valence-electron chi connectivity index (χ1n) is 8.12. The minimum absolute atomic E-state index is 1.07. The van der Waals surface area contributed by atoms with E-state index in [4.69, 9.17) is 0 Å². The molecule has 0 heterocycles. The highest BCUT2D eigenvalue weighted by atomic mass is 14.0. The lowest BCUT2D eigenvalue weighted by Gasteiger charge is -2.00. The van der Waals surface area contributed by atoms with Crippen LogP contribution in [0.25, 0.3) is 0 Å². The van der Waals surface area contributed by atoms with Gasteiger partial charge in [-0.2, -0.15) is 0 Å². The normalized spacial score (nSPS) is 9.86. The van der Waals surface area contributed by atoms with Crippen molar-refractivity contribution in [2.45, 2.75) is 39.0 Å². The SMILES string of the molecule is C=CCCCc1ccc(C#Cc2ccc(CCC)cc2)cc1. The molecular formula is C22H24. The van der Waals surface area contributed by atoms with Gasteiger partial charge in [-0.3, -0.25) is 0 Å². The quantitative estimate of drug-likeness (QED) is 0.371. The zero-order chi connectivity index (χ0) is 15.6. The third-order valence-electron chi connectivity index (χ3n) is 3.67. The number of allylic oxidation sites excluding steroid dienone is 1. The molecule has 0 N–H and O–H groups in total. The van der Waals surface area contributed by atoms with Crippen molar-refractivity contribution in [1.82, 2.24) is 0 Å². The summed E-state index contributed by atoms with van der Waals surface area (Å²) in [4.78, 5) is 0.